The van der Waals surface area contributed by atoms with Gasteiger partial charge in [-0.25, -0.2) is 0 Å². The Morgan fingerprint density at radius 2 is 1.74 bits per heavy atom. The molecular formula is C15H13BrCl2O. The minimum absolute atomic E-state index is 0.411. The van der Waals surface area contributed by atoms with Crippen molar-refractivity contribution < 1.29 is 4.74 Å². The van der Waals surface area contributed by atoms with Crippen LogP contribution in [0.15, 0.2) is 34.8 Å². The van der Waals surface area contributed by atoms with E-state index in [1.807, 2.05) is 44.2 Å². The molecule has 0 saturated heterocycles. The molecule has 0 heterocycles. The Labute approximate surface area is 131 Å². The molecule has 2 aromatic carbocycles. The maximum absolute atomic E-state index is 6.02. The zero-order chi connectivity index (χ0) is 14.0. The van der Waals surface area contributed by atoms with E-state index >= 15 is 0 Å². The third-order valence-corrected chi connectivity index (χ3v) is 3.81. The Balaban J connectivity index is 2.44. The van der Waals surface area contributed by atoms with Gasteiger partial charge in [0.2, 0.25) is 0 Å². The molecule has 0 radical (unpaired) electrons. The maximum Gasteiger partial charge on any atom is 0.133 e. The van der Waals surface area contributed by atoms with Crippen molar-refractivity contribution in [1.29, 1.82) is 0 Å². The Bertz CT molecular complexity index is 588. The molecule has 0 aliphatic rings. The molecule has 1 nitrogen and oxygen atoms in total. The molecule has 100 valence electrons. The fourth-order valence-electron chi connectivity index (χ4n) is 1.90. The lowest BCUT2D eigenvalue weighted by Gasteiger charge is -2.15. The van der Waals surface area contributed by atoms with Crippen LogP contribution in [0.2, 0.25) is 5.02 Å². The van der Waals surface area contributed by atoms with Crippen LogP contribution in [-0.4, -0.2) is 0 Å². The molecule has 0 N–H and O–H groups in total. The third-order valence-electron chi connectivity index (χ3n) is 2.81. The predicted octanol–water partition coefficient (Wildman–Crippen LogP) is 6.25. The van der Waals surface area contributed by atoms with Crippen LogP contribution in [0, 0.1) is 13.8 Å². The maximum atomic E-state index is 6.02. The second-order valence-electron chi connectivity index (χ2n) is 4.36. The van der Waals surface area contributed by atoms with E-state index in [1.165, 1.54) is 0 Å². The number of hydrogen-bond acceptors (Lipinski definition) is 1. The molecule has 0 fully saturated rings. The lowest BCUT2D eigenvalue weighted by atomic mass is 10.1. The quantitative estimate of drug-likeness (QED) is 0.588. The minimum atomic E-state index is 0.411. The van der Waals surface area contributed by atoms with Crippen LogP contribution in [0.4, 0.5) is 0 Å². The van der Waals surface area contributed by atoms with Gasteiger partial charge in [0, 0.05) is 15.1 Å². The number of alkyl halides is 1. The van der Waals surface area contributed by atoms with Crippen molar-refractivity contribution in [2.75, 3.05) is 0 Å². The molecule has 0 amide bonds. The average Bonchev–Trinajstić information content (AvgIpc) is 2.34. The molecular weight excluding hydrogens is 347 g/mol. The molecule has 19 heavy (non-hydrogen) atoms. The number of rotatable bonds is 3. The summed E-state index contributed by atoms with van der Waals surface area (Å²) in [5.41, 5.74) is 2.97. The summed E-state index contributed by atoms with van der Waals surface area (Å²) in [7, 11) is 0. The molecule has 0 atom stereocenters. The summed E-state index contributed by atoms with van der Waals surface area (Å²) >= 11 is 15.4. The smallest absolute Gasteiger partial charge is 0.133 e. The summed E-state index contributed by atoms with van der Waals surface area (Å²) in [4.78, 5) is 0. The van der Waals surface area contributed by atoms with E-state index in [-0.39, 0.29) is 0 Å². The first-order valence-electron chi connectivity index (χ1n) is 5.80. The molecule has 2 rings (SSSR count). The van der Waals surface area contributed by atoms with Gasteiger partial charge in [0.15, 0.2) is 0 Å². The second-order valence-corrected chi connectivity index (χ2v) is 5.98. The van der Waals surface area contributed by atoms with E-state index in [0.29, 0.717) is 10.9 Å². The van der Waals surface area contributed by atoms with Crippen molar-refractivity contribution in [3.63, 3.8) is 0 Å². The largest absolute Gasteiger partial charge is 0.456 e. The SMILES string of the molecule is Cc1cc(Cl)cc(C)c1Oc1cc(Br)ccc1CCl. The second kappa shape index (κ2) is 6.17. The fraction of sp³-hybridized carbons (Fsp3) is 0.200. The van der Waals surface area contributed by atoms with E-state index < -0.39 is 0 Å². The average molecular weight is 360 g/mol. The third kappa shape index (κ3) is 3.44. The topological polar surface area (TPSA) is 9.23 Å². The zero-order valence-electron chi connectivity index (χ0n) is 10.6. The van der Waals surface area contributed by atoms with E-state index in [0.717, 1.165) is 32.7 Å². The lowest BCUT2D eigenvalue weighted by Crippen LogP contribution is -1.94. The van der Waals surface area contributed by atoms with Crippen molar-refractivity contribution in [2.45, 2.75) is 19.7 Å². The highest BCUT2D eigenvalue weighted by molar-refractivity contribution is 9.10. The van der Waals surface area contributed by atoms with Crippen LogP contribution in [0.1, 0.15) is 16.7 Å². The summed E-state index contributed by atoms with van der Waals surface area (Å²) in [6.07, 6.45) is 0. The monoisotopic (exact) mass is 358 g/mol. The number of ether oxygens (including phenoxy) is 1. The molecule has 0 saturated carbocycles. The summed E-state index contributed by atoms with van der Waals surface area (Å²) in [5, 5.41) is 0.717. The van der Waals surface area contributed by atoms with Gasteiger partial charge in [0.1, 0.15) is 11.5 Å². The molecule has 4 heteroatoms. The van der Waals surface area contributed by atoms with Crippen molar-refractivity contribution in [1.82, 2.24) is 0 Å². The van der Waals surface area contributed by atoms with Crippen LogP contribution in [-0.2, 0) is 5.88 Å². The van der Waals surface area contributed by atoms with E-state index in [9.17, 15) is 0 Å². The Kier molecular flexibility index (Phi) is 4.77. The van der Waals surface area contributed by atoms with Crippen LogP contribution >= 0.6 is 39.1 Å². The molecule has 2 aromatic rings. The van der Waals surface area contributed by atoms with Gasteiger partial charge in [-0.2, -0.15) is 0 Å². The van der Waals surface area contributed by atoms with Crippen LogP contribution in [0.25, 0.3) is 0 Å². The van der Waals surface area contributed by atoms with Gasteiger partial charge >= 0.3 is 0 Å². The highest BCUT2D eigenvalue weighted by Crippen LogP contribution is 2.34. The van der Waals surface area contributed by atoms with Gasteiger partial charge in [-0.1, -0.05) is 33.6 Å². The summed E-state index contributed by atoms with van der Waals surface area (Å²) in [5.74, 6) is 2.00. The van der Waals surface area contributed by atoms with Gasteiger partial charge in [0.25, 0.3) is 0 Å². The van der Waals surface area contributed by atoms with Crippen LogP contribution < -0.4 is 4.74 Å². The fourth-order valence-corrected chi connectivity index (χ4v) is 2.79. The van der Waals surface area contributed by atoms with Gasteiger partial charge in [-0.3, -0.25) is 0 Å². The number of halogens is 3. The highest BCUT2D eigenvalue weighted by atomic mass is 79.9. The Morgan fingerprint density at radius 1 is 1.11 bits per heavy atom. The lowest BCUT2D eigenvalue weighted by molar-refractivity contribution is 0.470. The predicted molar refractivity (Wildman–Crippen MR) is 84.7 cm³/mol. The molecule has 0 unspecified atom stereocenters. The highest BCUT2D eigenvalue weighted by Gasteiger charge is 2.10. The van der Waals surface area contributed by atoms with Crippen LogP contribution in [0.3, 0.4) is 0 Å². The Hall–Kier alpha value is -0.700. The molecule has 0 aromatic heterocycles. The normalized spacial score (nSPS) is 10.6. The first kappa shape index (κ1) is 14.7. The number of aryl methyl sites for hydroxylation is 2. The molecule has 0 aliphatic heterocycles. The summed E-state index contributed by atoms with van der Waals surface area (Å²) in [6.45, 7) is 3.96. The van der Waals surface area contributed by atoms with Crippen molar-refractivity contribution in [3.8, 4) is 11.5 Å². The first-order chi connectivity index (χ1) is 9.01. The van der Waals surface area contributed by atoms with Gasteiger partial charge in [-0.15, -0.1) is 11.6 Å². The van der Waals surface area contributed by atoms with E-state index in [1.54, 1.807) is 0 Å². The van der Waals surface area contributed by atoms with Crippen molar-refractivity contribution in [3.05, 3.63) is 56.5 Å². The Morgan fingerprint density at radius 3 is 2.32 bits per heavy atom. The first-order valence-corrected chi connectivity index (χ1v) is 7.51. The zero-order valence-corrected chi connectivity index (χ0v) is 13.7. The molecule has 0 bridgehead atoms. The van der Waals surface area contributed by atoms with Crippen LogP contribution in [0.5, 0.6) is 11.5 Å². The minimum Gasteiger partial charge on any atom is -0.456 e. The number of benzene rings is 2. The van der Waals surface area contributed by atoms with Gasteiger partial charge in [0.05, 0.1) is 5.88 Å². The van der Waals surface area contributed by atoms with E-state index in [2.05, 4.69) is 15.9 Å². The van der Waals surface area contributed by atoms with Gasteiger partial charge < -0.3 is 4.74 Å². The summed E-state index contributed by atoms with van der Waals surface area (Å²) in [6, 6.07) is 9.61. The van der Waals surface area contributed by atoms with Gasteiger partial charge in [-0.05, 0) is 49.2 Å². The number of hydrogen-bond donors (Lipinski definition) is 0. The molecule has 0 spiro atoms. The van der Waals surface area contributed by atoms with E-state index in [4.69, 9.17) is 27.9 Å². The van der Waals surface area contributed by atoms with Crippen molar-refractivity contribution in [2.24, 2.45) is 0 Å². The van der Waals surface area contributed by atoms with Crippen molar-refractivity contribution >= 4 is 39.1 Å². The molecule has 0 aliphatic carbocycles. The summed E-state index contributed by atoms with van der Waals surface area (Å²) < 4.78 is 6.98. The standard InChI is InChI=1S/C15H13BrCl2O/c1-9-5-13(18)6-10(2)15(9)19-14-7-12(16)4-3-11(14)8-17/h3-7H,8H2,1-2H3.